The SMILES string of the molecule is O=C(NC1CCCCC1CO)c1cc2ccccc2s1. The second-order valence-electron chi connectivity index (χ2n) is 5.46. The van der Waals surface area contributed by atoms with Gasteiger partial charge >= 0.3 is 0 Å². The molecule has 2 aromatic rings. The van der Waals surface area contributed by atoms with Crippen molar-refractivity contribution in [2.75, 3.05) is 6.61 Å². The van der Waals surface area contributed by atoms with E-state index < -0.39 is 0 Å². The van der Waals surface area contributed by atoms with Crippen LogP contribution in [0.1, 0.15) is 35.4 Å². The molecule has 1 heterocycles. The molecule has 1 saturated carbocycles. The summed E-state index contributed by atoms with van der Waals surface area (Å²) in [7, 11) is 0. The third kappa shape index (κ3) is 2.72. The van der Waals surface area contributed by atoms with E-state index in [0.717, 1.165) is 40.6 Å². The standard InChI is InChI=1S/C16H19NO2S/c18-10-12-6-1-3-7-13(12)17-16(19)15-9-11-5-2-4-8-14(11)20-15/h2,4-5,8-9,12-13,18H,1,3,6-7,10H2,(H,17,19). The van der Waals surface area contributed by atoms with Crippen LogP contribution in [0.2, 0.25) is 0 Å². The van der Waals surface area contributed by atoms with Gasteiger partial charge in [0.05, 0.1) is 4.88 Å². The number of aliphatic hydroxyl groups is 1. The maximum Gasteiger partial charge on any atom is 0.261 e. The summed E-state index contributed by atoms with van der Waals surface area (Å²) in [5, 5.41) is 13.6. The van der Waals surface area contributed by atoms with Gasteiger partial charge in [-0.1, -0.05) is 31.0 Å². The van der Waals surface area contributed by atoms with Gasteiger partial charge in [0.2, 0.25) is 0 Å². The molecule has 1 aromatic carbocycles. The number of hydrogen-bond donors (Lipinski definition) is 2. The zero-order valence-electron chi connectivity index (χ0n) is 11.3. The minimum atomic E-state index is -0.00319. The first-order valence-corrected chi connectivity index (χ1v) is 8.00. The quantitative estimate of drug-likeness (QED) is 0.911. The van der Waals surface area contributed by atoms with Crippen molar-refractivity contribution in [2.24, 2.45) is 5.92 Å². The average molecular weight is 289 g/mol. The maximum atomic E-state index is 12.4. The Balaban J connectivity index is 1.75. The van der Waals surface area contributed by atoms with E-state index in [1.54, 1.807) is 0 Å². The first-order valence-electron chi connectivity index (χ1n) is 7.18. The largest absolute Gasteiger partial charge is 0.396 e. The molecule has 20 heavy (non-hydrogen) atoms. The Bertz CT molecular complexity index is 574. The molecule has 4 heteroatoms. The lowest BCUT2D eigenvalue weighted by Crippen LogP contribution is -2.43. The van der Waals surface area contributed by atoms with E-state index >= 15 is 0 Å². The zero-order chi connectivity index (χ0) is 13.9. The Morgan fingerprint density at radius 2 is 2.10 bits per heavy atom. The second kappa shape index (κ2) is 5.94. The zero-order valence-corrected chi connectivity index (χ0v) is 12.2. The van der Waals surface area contributed by atoms with Gasteiger partial charge in [-0.3, -0.25) is 4.79 Å². The van der Waals surface area contributed by atoms with E-state index in [0.29, 0.717) is 0 Å². The summed E-state index contributed by atoms with van der Waals surface area (Å²) < 4.78 is 1.14. The van der Waals surface area contributed by atoms with E-state index in [1.165, 1.54) is 11.3 Å². The van der Waals surface area contributed by atoms with Crippen molar-refractivity contribution in [3.63, 3.8) is 0 Å². The molecule has 0 spiro atoms. The Kier molecular flexibility index (Phi) is 4.03. The van der Waals surface area contributed by atoms with Gasteiger partial charge in [-0.25, -0.2) is 0 Å². The summed E-state index contributed by atoms with van der Waals surface area (Å²) in [6.07, 6.45) is 4.27. The van der Waals surface area contributed by atoms with Gasteiger partial charge in [0, 0.05) is 23.3 Å². The van der Waals surface area contributed by atoms with E-state index in [9.17, 15) is 9.90 Å². The molecule has 106 valence electrons. The van der Waals surface area contributed by atoms with Crippen molar-refractivity contribution in [3.8, 4) is 0 Å². The van der Waals surface area contributed by atoms with Gasteiger partial charge in [-0.05, 0) is 30.4 Å². The van der Waals surface area contributed by atoms with Crippen molar-refractivity contribution in [2.45, 2.75) is 31.7 Å². The highest BCUT2D eigenvalue weighted by Gasteiger charge is 2.26. The highest BCUT2D eigenvalue weighted by atomic mass is 32.1. The van der Waals surface area contributed by atoms with Crippen LogP contribution < -0.4 is 5.32 Å². The number of carbonyl (C=O) groups is 1. The van der Waals surface area contributed by atoms with E-state index in [4.69, 9.17) is 0 Å². The molecule has 0 aliphatic heterocycles. The van der Waals surface area contributed by atoms with Crippen LogP contribution in [0.4, 0.5) is 0 Å². The predicted molar refractivity (Wildman–Crippen MR) is 82.1 cm³/mol. The summed E-state index contributed by atoms with van der Waals surface area (Å²) in [5.41, 5.74) is 0. The van der Waals surface area contributed by atoms with Crippen LogP contribution in [0, 0.1) is 5.92 Å². The smallest absolute Gasteiger partial charge is 0.261 e. The van der Waals surface area contributed by atoms with Crippen molar-refractivity contribution >= 4 is 27.3 Å². The fraction of sp³-hybridized carbons (Fsp3) is 0.438. The van der Waals surface area contributed by atoms with Crippen molar-refractivity contribution in [1.82, 2.24) is 5.32 Å². The number of amides is 1. The lowest BCUT2D eigenvalue weighted by atomic mass is 9.85. The lowest BCUT2D eigenvalue weighted by Gasteiger charge is -2.30. The van der Waals surface area contributed by atoms with Crippen molar-refractivity contribution < 1.29 is 9.90 Å². The van der Waals surface area contributed by atoms with E-state index in [1.807, 2.05) is 30.3 Å². The fourth-order valence-electron chi connectivity index (χ4n) is 2.95. The third-order valence-electron chi connectivity index (χ3n) is 4.11. The fourth-order valence-corrected chi connectivity index (χ4v) is 3.92. The van der Waals surface area contributed by atoms with Gasteiger partial charge in [-0.15, -0.1) is 11.3 Å². The number of nitrogens with one attached hydrogen (secondary N) is 1. The molecular formula is C16H19NO2S. The molecule has 1 fully saturated rings. The molecule has 1 aromatic heterocycles. The summed E-state index contributed by atoms with van der Waals surface area (Å²) in [4.78, 5) is 13.1. The molecule has 1 aliphatic carbocycles. The number of fused-ring (bicyclic) bond motifs is 1. The molecule has 1 amide bonds. The van der Waals surface area contributed by atoms with Gasteiger partial charge in [0.1, 0.15) is 0 Å². The van der Waals surface area contributed by atoms with Crippen LogP contribution in [-0.4, -0.2) is 23.7 Å². The molecule has 0 radical (unpaired) electrons. The van der Waals surface area contributed by atoms with Crippen LogP contribution in [0.25, 0.3) is 10.1 Å². The van der Waals surface area contributed by atoms with Crippen LogP contribution in [0.3, 0.4) is 0 Å². The Morgan fingerprint density at radius 1 is 1.30 bits per heavy atom. The average Bonchev–Trinajstić information content (AvgIpc) is 2.92. The molecule has 1 aliphatic rings. The molecule has 2 N–H and O–H groups in total. The number of hydrogen-bond acceptors (Lipinski definition) is 3. The summed E-state index contributed by atoms with van der Waals surface area (Å²) in [6.45, 7) is 0.164. The first kappa shape index (κ1) is 13.6. The maximum absolute atomic E-state index is 12.4. The summed E-state index contributed by atoms with van der Waals surface area (Å²) in [5.74, 6) is 0.207. The number of thiophene rings is 1. The Labute approximate surface area is 122 Å². The van der Waals surface area contributed by atoms with E-state index in [2.05, 4.69) is 5.32 Å². The number of benzene rings is 1. The molecule has 3 nitrogen and oxygen atoms in total. The highest BCUT2D eigenvalue weighted by molar-refractivity contribution is 7.20. The minimum Gasteiger partial charge on any atom is -0.396 e. The topological polar surface area (TPSA) is 49.3 Å². The van der Waals surface area contributed by atoms with Crippen LogP contribution in [-0.2, 0) is 0 Å². The number of aliphatic hydroxyl groups excluding tert-OH is 1. The van der Waals surface area contributed by atoms with Gasteiger partial charge in [-0.2, -0.15) is 0 Å². The molecule has 2 unspecified atom stereocenters. The van der Waals surface area contributed by atoms with E-state index in [-0.39, 0.29) is 24.5 Å². The molecule has 0 saturated heterocycles. The van der Waals surface area contributed by atoms with Crippen molar-refractivity contribution in [3.05, 3.63) is 35.2 Å². The molecule has 0 bridgehead atoms. The summed E-state index contributed by atoms with van der Waals surface area (Å²) in [6, 6.07) is 10.1. The van der Waals surface area contributed by atoms with Crippen LogP contribution in [0.15, 0.2) is 30.3 Å². The molecule has 3 rings (SSSR count). The van der Waals surface area contributed by atoms with Gasteiger partial charge < -0.3 is 10.4 Å². The first-order chi connectivity index (χ1) is 9.78. The summed E-state index contributed by atoms with van der Waals surface area (Å²) >= 11 is 1.53. The normalized spacial score (nSPS) is 22.9. The Hall–Kier alpha value is -1.39. The molecule has 2 atom stereocenters. The Morgan fingerprint density at radius 3 is 2.90 bits per heavy atom. The third-order valence-corrected chi connectivity index (χ3v) is 5.22. The van der Waals surface area contributed by atoms with Crippen molar-refractivity contribution in [1.29, 1.82) is 0 Å². The van der Waals surface area contributed by atoms with Crippen LogP contribution in [0.5, 0.6) is 0 Å². The monoisotopic (exact) mass is 289 g/mol. The second-order valence-corrected chi connectivity index (χ2v) is 6.54. The van der Waals surface area contributed by atoms with Gasteiger partial charge in [0.25, 0.3) is 5.91 Å². The number of carbonyl (C=O) groups excluding carboxylic acids is 1. The van der Waals surface area contributed by atoms with Gasteiger partial charge in [0.15, 0.2) is 0 Å². The number of rotatable bonds is 3. The molecular weight excluding hydrogens is 270 g/mol. The highest BCUT2D eigenvalue weighted by Crippen LogP contribution is 2.27. The van der Waals surface area contributed by atoms with Crippen LogP contribution >= 0.6 is 11.3 Å². The lowest BCUT2D eigenvalue weighted by molar-refractivity contribution is 0.0876. The minimum absolute atomic E-state index is 0.00319. The predicted octanol–water partition coefficient (Wildman–Crippen LogP) is 3.18.